The predicted octanol–water partition coefficient (Wildman–Crippen LogP) is 2.72. The first-order chi connectivity index (χ1) is 8.20. The number of methoxy groups -OCH3 is 1. The first-order valence-electron chi connectivity index (χ1n) is 5.33. The zero-order chi connectivity index (χ0) is 12.3. The highest BCUT2D eigenvalue weighted by Crippen LogP contribution is 2.25. The summed E-state index contributed by atoms with van der Waals surface area (Å²) in [5, 5.41) is 3.22. The smallest absolute Gasteiger partial charge is 0.213 e. The van der Waals surface area contributed by atoms with Gasteiger partial charge in [0.25, 0.3) is 0 Å². The number of nitrogens with zero attached hydrogens (tertiary/aromatic N) is 1. The second-order valence-corrected chi connectivity index (χ2v) is 3.75. The number of aromatic nitrogens is 1. The van der Waals surface area contributed by atoms with Crippen LogP contribution >= 0.6 is 0 Å². The Kier molecular flexibility index (Phi) is 3.14. The third-order valence-electron chi connectivity index (χ3n) is 2.55. The van der Waals surface area contributed by atoms with Crippen LogP contribution in [0, 0.1) is 6.92 Å². The number of nitrogens with one attached hydrogen (secondary N) is 1. The summed E-state index contributed by atoms with van der Waals surface area (Å²) >= 11 is 0. The molecule has 4 nitrogen and oxygen atoms in total. The van der Waals surface area contributed by atoms with Gasteiger partial charge in [0.2, 0.25) is 5.88 Å². The molecule has 0 aliphatic rings. The van der Waals surface area contributed by atoms with Crippen LogP contribution in [0.5, 0.6) is 5.88 Å². The van der Waals surface area contributed by atoms with Crippen LogP contribution in [0.15, 0.2) is 36.5 Å². The maximum absolute atomic E-state index is 5.98. The molecule has 1 aromatic carbocycles. The number of para-hydroxylation sites is 1. The number of aryl methyl sites for hydroxylation is 1. The number of benzene rings is 1. The van der Waals surface area contributed by atoms with Gasteiger partial charge in [0.05, 0.1) is 30.4 Å². The van der Waals surface area contributed by atoms with Gasteiger partial charge >= 0.3 is 0 Å². The van der Waals surface area contributed by atoms with E-state index in [1.807, 2.05) is 31.2 Å². The molecule has 2 aromatic rings. The third kappa shape index (κ3) is 2.47. The Labute approximate surface area is 100 Å². The molecule has 88 valence electrons. The van der Waals surface area contributed by atoms with Crippen LogP contribution in [0.4, 0.5) is 17.1 Å². The molecule has 1 aromatic heterocycles. The maximum atomic E-state index is 5.98. The van der Waals surface area contributed by atoms with Crippen LogP contribution in [0.1, 0.15) is 5.56 Å². The van der Waals surface area contributed by atoms with E-state index < -0.39 is 0 Å². The van der Waals surface area contributed by atoms with E-state index in [0.29, 0.717) is 5.88 Å². The molecule has 0 aliphatic carbocycles. The number of pyridine rings is 1. The van der Waals surface area contributed by atoms with Crippen molar-refractivity contribution >= 4 is 17.1 Å². The Morgan fingerprint density at radius 3 is 2.71 bits per heavy atom. The van der Waals surface area contributed by atoms with Crippen molar-refractivity contribution in [2.45, 2.75) is 6.92 Å². The molecule has 0 atom stereocenters. The van der Waals surface area contributed by atoms with Crippen molar-refractivity contribution in [3.8, 4) is 5.88 Å². The molecule has 1 heterocycles. The molecule has 0 amide bonds. The predicted molar refractivity (Wildman–Crippen MR) is 69.7 cm³/mol. The summed E-state index contributed by atoms with van der Waals surface area (Å²) in [6, 6.07) is 9.58. The summed E-state index contributed by atoms with van der Waals surface area (Å²) < 4.78 is 5.00. The van der Waals surface area contributed by atoms with Crippen LogP contribution in [0.25, 0.3) is 0 Å². The molecule has 2 rings (SSSR count). The fourth-order valence-corrected chi connectivity index (χ4v) is 1.52. The average molecular weight is 229 g/mol. The molecule has 0 spiro atoms. The van der Waals surface area contributed by atoms with Gasteiger partial charge < -0.3 is 15.8 Å². The summed E-state index contributed by atoms with van der Waals surface area (Å²) in [7, 11) is 1.59. The molecule has 0 fully saturated rings. The van der Waals surface area contributed by atoms with Crippen molar-refractivity contribution in [2.75, 3.05) is 18.2 Å². The monoisotopic (exact) mass is 229 g/mol. The maximum Gasteiger partial charge on any atom is 0.213 e. The minimum absolute atomic E-state index is 0.591. The molecule has 0 saturated heterocycles. The van der Waals surface area contributed by atoms with Gasteiger partial charge in [-0.1, -0.05) is 12.1 Å². The summed E-state index contributed by atoms with van der Waals surface area (Å²) in [6.07, 6.45) is 1.71. The van der Waals surface area contributed by atoms with Gasteiger partial charge in [-0.15, -0.1) is 0 Å². The van der Waals surface area contributed by atoms with Crippen LogP contribution < -0.4 is 15.8 Å². The fourth-order valence-electron chi connectivity index (χ4n) is 1.52. The van der Waals surface area contributed by atoms with E-state index in [9.17, 15) is 0 Å². The van der Waals surface area contributed by atoms with E-state index in [1.54, 1.807) is 19.4 Å². The number of rotatable bonds is 3. The van der Waals surface area contributed by atoms with E-state index in [2.05, 4.69) is 10.3 Å². The molecule has 0 unspecified atom stereocenters. The lowest BCUT2D eigenvalue weighted by Gasteiger charge is -2.11. The van der Waals surface area contributed by atoms with Gasteiger partial charge in [0.15, 0.2) is 0 Å². The lowest BCUT2D eigenvalue weighted by atomic mass is 10.1. The Morgan fingerprint density at radius 2 is 2.06 bits per heavy atom. The number of anilines is 3. The second-order valence-electron chi connectivity index (χ2n) is 3.75. The molecular weight excluding hydrogens is 214 g/mol. The first-order valence-corrected chi connectivity index (χ1v) is 5.33. The quantitative estimate of drug-likeness (QED) is 0.794. The first kappa shape index (κ1) is 11.3. The van der Waals surface area contributed by atoms with Crippen LogP contribution in [-0.2, 0) is 0 Å². The molecule has 17 heavy (non-hydrogen) atoms. The third-order valence-corrected chi connectivity index (χ3v) is 2.55. The van der Waals surface area contributed by atoms with Crippen molar-refractivity contribution < 1.29 is 4.74 Å². The topological polar surface area (TPSA) is 60.2 Å². The van der Waals surface area contributed by atoms with E-state index in [0.717, 1.165) is 22.6 Å². The van der Waals surface area contributed by atoms with Crippen molar-refractivity contribution in [3.05, 3.63) is 42.1 Å². The second kappa shape index (κ2) is 4.74. The molecular formula is C13H15N3O. The normalized spacial score (nSPS) is 10.0. The zero-order valence-electron chi connectivity index (χ0n) is 9.90. The van der Waals surface area contributed by atoms with Gasteiger partial charge in [-0.2, -0.15) is 0 Å². The number of hydrogen-bond donors (Lipinski definition) is 2. The number of hydrogen-bond acceptors (Lipinski definition) is 4. The fraction of sp³-hybridized carbons (Fsp3) is 0.154. The van der Waals surface area contributed by atoms with Crippen LogP contribution in [-0.4, -0.2) is 12.1 Å². The SMILES string of the molecule is COc1ccc(Nc2cccc(C)c2N)cn1. The standard InChI is InChI=1S/C13H15N3O/c1-9-4-3-5-11(13(9)14)16-10-6-7-12(17-2)15-8-10/h3-8,16H,14H2,1-2H3. The van der Waals surface area contributed by atoms with Gasteiger partial charge in [-0.25, -0.2) is 4.98 Å². The molecule has 0 bridgehead atoms. The van der Waals surface area contributed by atoms with E-state index >= 15 is 0 Å². The largest absolute Gasteiger partial charge is 0.481 e. The highest BCUT2D eigenvalue weighted by Gasteiger charge is 2.02. The molecule has 0 saturated carbocycles. The Morgan fingerprint density at radius 1 is 1.24 bits per heavy atom. The molecule has 0 aliphatic heterocycles. The van der Waals surface area contributed by atoms with Crippen LogP contribution in [0.2, 0.25) is 0 Å². The summed E-state index contributed by atoms with van der Waals surface area (Å²) in [5.74, 6) is 0.591. The molecule has 0 radical (unpaired) electrons. The Bertz CT molecular complexity index is 509. The van der Waals surface area contributed by atoms with Gasteiger partial charge in [-0.3, -0.25) is 0 Å². The minimum Gasteiger partial charge on any atom is -0.481 e. The number of ether oxygens (including phenoxy) is 1. The van der Waals surface area contributed by atoms with Gasteiger partial charge in [-0.05, 0) is 24.6 Å². The minimum atomic E-state index is 0.591. The van der Waals surface area contributed by atoms with E-state index in [-0.39, 0.29) is 0 Å². The Hall–Kier alpha value is -2.23. The molecule has 3 N–H and O–H groups in total. The van der Waals surface area contributed by atoms with Crippen molar-refractivity contribution in [1.29, 1.82) is 0 Å². The van der Waals surface area contributed by atoms with Crippen molar-refractivity contribution in [1.82, 2.24) is 4.98 Å². The average Bonchev–Trinajstić information content (AvgIpc) is 2.36. The molecule has 4 heteroatoms. The highest BCUT2D eigenvalue weighted by molar-refractivity contribution is 5.74. The number of nitrogen functional groups attached to an aromatic ring is 1. The van der Waals surface area contributed by atoms with Crippen molar-refractivity contribution in [2.24, 2.45) is 0 Å². The highest BCUT2D eigenvalue weighted by atomic mass is 16.5. The van der Waals surface area contributed by atoms with Crippen molar-refractivity contribution in [3.63, 3.8) is 0 Å². The van der Waals surface area contributed by atoms with Gasteiger partial charge in [0.1, 0.15) is 0 Å². The summed E-state index contributed by atoms with van der Waals surface area (Å²) in [5.41, 5.74) is 9.55. The van der Waals surface area contributed by atoms with E-state index in [1.165, 1.54) is 0 Å². The lowest BCUT2D eigenvalue weighted by molar-refractivity contribution is 0.398. The lowest BCUT2D eigenvalue weighted by Crippen LogP contribution is -1.98. The Balaban J connectivity index is 2.22. The summed E-state index contributed by atoms with van der Waals surface area (Å²) in [6.45, 7) is 1.98. The van der Waals surface area contributed by atoms with E-state index in [4.69, 9.17) is 10.5 Å². The van der Waals surface area contributed by atoms with Gasteiger partial charge in [0, 0.05) is 6.07 Å². The number of nitrogens with two attached hydrogens (primary N) is 1. The summed E-state index contributed by atoms with van der Waals surface area (Å²) in [4.78, 5) is 4.12. The zero-order valence-corrected chi connectivity index (χ0v) is 9.90. The van der Waals surface area contributed by atoms with Crippen LogP contribution in [0.3, 0.4) is 0 Å².